The summed E-state index contributed by atoms with van der Waals surface area (Å²) in [5.74, 6) is 1.79. The van der Waals surface area contributed by atoms with Crippen LogP contribution in [0.25, 0.3) is 0 Å². The fourth-order valence-electron chi connectivity index (χ4n) is 2.15. The molecule has 2 rings (SSSR count). The first-order valence-corrected chi connectivity index (χ1v) is 8.09. The predicted octanol–water partition coefficient (Wildman–Crippen LogP) is 4.23. The molecule has 1 aromatic heterocycles. The summed E-state index contributed by atoms with van der Waals surface area (Å²) in [6.07, 6.45) is 0. The highest BCUT2D eigenvalue weighted by molar-refractivity contribution is 9.10. The normalized spacial score (nSPS) is 12.2. The molecule has 0 fully saturated rings. The molecule has 3 nitrogen and oxygen atoms in total. The Balaban J connectivity index is 2.48. The maximum Gasteiger partial charge on any atom is 0.134 e. The highest BCUT2D eigenvalue weighted by Crippen LogP contribution is 2.39. The Hall–Kier alpha value is -1.04. The predicted molar refractivity (Wildman–Crippen MR) is 87.1 cm³/mol. The van der Waals surface area contributed by atoms with Gasteiger partial charge >= 0.3 is 0 Å². The SMILES string of the molecule is CCOc1ccc(Br)cc1C(NC)c1sccc1OC. The summed E-state index contributed by atoms with van der Waals surface area (Å²) in [5, 5.41) is 5.39. The van der Waals surface area contributed by atoms with Crippen molar-refractivity contribution in [3.63, 3.8) is 0 Å². The second kappa shape index (κ2) is 7.11. The molecule has 108 valence electrons. The van der Waals surface area contributed by atoms with E-state index in [-0.39, 0.29) is 6.04 Å². The summed E-state index contributed by atoms with van der Waals surface area (Å²) in [4.78, 5) is 1.15. The van der Waals surface area contributed by atoms with E-state index >= 15 is 0 Å². The number of hydrogen-bond acceptors (Lipinski definition) is 4. The van der Waals surface area contributed by atoms with E-state index < -0.39 is 0 Å². The molecule has 0 spiro atoms. The van der Waals surface area contributed by atoms with Crippen molar-refractivity contribution in [2.75, 3.05) is 20.8 Å². The molecule has 0 saturated heterocycles. The zero-order valence-corrected chi connectivity index (χ0v) is 14.2. The van der Waals surface area contributed by atoms with Gasteiger partial charge in [0.15, 0.2) is 0 Å². The van der Waals surface area contributed by atoms with Gasteiger partial charge in [-0.1, -0.05) is 15.9 Å². The van der Waals surface area contributed by atoms with Gasteiger partial charge in [0, 0.05) is 10.0 Å². The molecule has 1 unspecified atom stereocenters. The van der Waals surface area contributed by atoms with Crippen LogP contribution >= 0.6 is 27.3 Å². The lowest BCUT2D eigenvalue weighted by molar-refractivity contribution is 0.333. The third-order valence-corrected chi connectivity index (χ3v) is 4.47. The van der Waals surface area contributed by atoms with E-state index in [0.29, 0.717) is 6.61 Å². The molecular weight excluding hydrogens is 338 g/mol. The fraction of sp³-hybridized carbons (Fsp3) is 0.333. The number of ether oxygens (including phenoxy) is 2. The van der Waals surface area contributed by atoms with Crippen molar-refractivity contribution in [1.29, 1.82) is 0 Å². The van der Waals surface area contributed by atoms with Gasteiger partial charge < -0.3 is 14.8 Å². The van der Waals surface area contributed by atoms with Gasteiger partial charge in [0.25, 0.3) is 0 Å². The Labute approximate surface area is 132 Å². The van der Waals surface area contributed by atoms with E-state index in [0.717, 1.165) is 26.4 Å². The molecule has 0 radical (unpaired) electrons. The maximum absolute atomic E-state index is 5.75. The quantitative estimate of drug-likeness (QED) is 0.840. The van der Waals surface area contributed by atoms with E-state index in [4.69, 9.17) is 9.47 Å². The lowest BCUT2D eigenvalue weighted by atomic mass is 10.0. The number of hydrogen-bond donors (Lipinski definition) is 1. The standard InChI is InChI=1S/C15H18BrNO2S/c1-4-19-12-6-5-10(16)9-11(12)14(17-2)15-13(18-3)7-8-20-15/h5-9,14,17H,4H2,1-3H3. The molecule has 0 bridgehead atoms. The second-order valence-corrected chi connectivity index (χ2v) is 6.05. The molecule has 1 aromatic carbocycles. The summed E-state index contributed by atoms with van der Waals surface area (Å²) in [6.45, 7) is 2.64. The van der Waals surface area contributed by atoms with Crippen LogP contribution < -0.4 is 14.8 Å². The maximum atomic E-state index is 5.75. The van der Waals surface area contributed by atoms with E-state index in [1.807, 2.05) is 37.6 Å². The molecule has 0 aliphatic rings. The summed E-state index contributed by atoms with van der Waals surface area (Å²) in [6, 6.07) is 8.11. The average Bonchev–Trinajstić information content (AvgIpc) is 2.91. The van der Waals surface area contributed by atoms with Gasteiger partial charge in [-0.25, -0.2) is 0 Å². The first-order valence-electron chi connectivity index (χ1n) is 6.42. The molecule has 1 heterocycles. The van der Waals surface area contributed by atoms with E-state index in [2.05, 4.69) is 27.3 Å². The molecule has 0 aliphatic heterocycles. The molecule has 0 saturated carbocycles. The number of methoxy groups -OCH3 is 1. The third-order valence-electron chi connectivity index (χ3n) is 3.01. The van der Waals surface area contributed by atoms with Gasteiger partial charge in [0.2, 0.25) is 0 Å². The van der Waals surface area contributed by atoms with E-state index in [9.17, 15) is 0 Å². The molecule has 0 amide bonds. The summed E-state index contributed by atoms with van der Waals surface area (Å²) in [7, 11) is 3.64. The Morgan fingerprint density at radius 2 is 2.10 bits per heavy atom. The smallest absolute Gasteiger partial charge is 0.134 e. The topological polar surface area (TPSA) is 30.5 Å². The van der Waals surface area contributed by atoms with Crippen molar-refractivity contribution in [2.45, 2.75) is 13.0 Å². The second-order valence-electron chi connectivity index (χ2n) is 4.19. The van der Waals surface area contributed by atoms with Crippen molar-refractivity contribution in [3.05, 3.63) is 44.6 Å². The van der Waals surface area contributed by atoms with Crippen LogP contribution in [-0.4, -0.2) is 20.8 Å². The molecule has 1 atom stereocenters. The van der Waals surface area contributed by atoms with Crippen LogP contribution in [-0.2, 0) is 0 Å². The van der Waals surface area contributed by atoms with Crippen LogP contribution in [0.3, 0.4) is 0 Å². The van der Waals surface area contributed by atoms with Gasteiger partial charge in [-0.05, 0) is 43.6 Å². The number of thiophene rings is 1. The van der Waals surface area contributed by atoms with Crippen LogP contribution in [0.2, 0.25) is 0 Å². The lowest BCUT2D eigenvalue weighted by Crippen LogP contribution is -2.18. The van der Waals surface area contributed by atoms with Crippen LogP contribution in [0, 0.1) is 0 Å². The monoisotopic (exact) mass is 355 g/mol. The zero-order valence-electron chi connectivity index (χ0n) is 11.8. The molecule has 20 heavy (non-hydrogen) atoms. The first kappa shape index (κ1) is 15.4. The van der Waals surface area contributed by atoms with Gasteiger partial charge in [-0.2, -0.15) is 0 Å². The van der Waals surface area contributed by atoms with Crippen molar-refractivity contribution in [3.8, 4) is 11.5 Å². The summed E-state index contributed by atoms with van der Waals surface area (Å²) >= 11 is 5.21. The minimum atomic E-state index is 0.0454. The molecule has 1 N–H and O–H groups in total. The Morgan fingerprint density at radius 1 is 1.30 bits per heavy atom. The van der Waals surface area contributed by atoms with Crippen LogP contribution in [0.15, 0.2) is 34.1 Å². The third kappa shape index (κ3) is 3.16. The molecule has 5 heteroatoms. The average molecular weight is 356 g/mol. The van der Waals surface area contributed by atoms with Crippen LogP contribution in [0.5, 0.6) is 11.5 Å². The minimum Gasteiger partial charge on any atom is -0.496 e. The molecule has 0 aliphatic carbocycles. The molecular formula is C15H18BrNO2S. The lowest BCUT2D eigenvalue weighted by Gasteiger charge is -2.20. The van der Waals surface area contributed by atoms with Crippen molar-refractivity contribution >= 4 is 27.3 Å². The number of benzene rings is 1. The van der Waals surface area contributed by atoms with E-state index in [1.165, 1.54) is 0 Å². The Kier molecular flexibility index (Phi) is 5.46. The zero-order chi connectivity index (χ0) is 14.5. The number of halogens is 1. The highest BCUT2D eigenvalue weighted by atomic mass is 79.9. The van der Waals surface area contributed by atoms with E-state index in [1.54, 1.807) is 18.4 Å². The number of nitrogens with one attached hydrogen (secondary N) is 1. The van der Waals surface area contributed by atoms with Gasteiger partial charge in [0.1, 0.15) is 11.5 Å². The van der Waals surface area contributed by atoms with Crippen molar-refractivity contribution in [1.82, 2.24) is 5.32 Å². The van der Waals surface area contributed by atoms with Crippen molar-refractivity contribution in [2.24, 2.45) is 0 Å². The summed E-state index contributed by atoms with van der Waals surface area (Å²) < 4.78 is 12.2. The van der Waals surface area contributed by atoms with Crippen molar-refractivity contribution < 1.29 is 9.47 Å². The van der Waals surface area contributed by atoms with Gasteiger partial charge in [0.05, 0.1) is 24.6 Å². The Morgan fingerprint density at radius 3 is 2.75 bits per heavy atom. The Bertz CT molecular complexity index is 571. The largest absolute Gasteiger partial charge is 0.496 e. The molecule has 2 aromatic rings. The highest BCUT2D eigenvalue weighted by Gasteiger charge is 2.21. The summed E-state index contributed by atoms with van der Waals surface area (Å²) in [5.41, 5.74) is 1.10. The van der Waals surface area contributed by atoms with Crippen LogP contribution in [0.1, 0.15) is 23.4 Å². The van der Waals surface area contributed by atoms with Gasteiger partial charge in [-0.15, -0.1) is 11.3 Å². The number of rotatable bonds is 6. The van der Waals surface area contributed by atoms with Crippen LogP contribution in [0.4, 0.5) is 0 Å². The minimum absolute atomic E-state index is 0.0454. The van der Waals surface area contributed by atoms with Gasteiger partial charge in [-0.3, -0.25) is 0 Å². The fourth-order valence-corrected chi connectivity index (χ4v) is 3.51. The first-order chi connectivity index (χ1) is 9.71.